The van der Waals surface area contributed by atoms with Gasteiger partial charge < -0.3 is 40.2 Å². The Morgan fingerprint density at radius 3 is 1.42 bits per heavy atom. The zero-order chi connectivity index (χ0) is 33.3. The number of alkyl carbamates (subject to hydrolysis) is 3. The predicted octanol–water partition coefficient (Wildman–Crippen LogP) is 4.57. The molecule has 0 aliphatic rings. The highest BCUT2D eigenvalue weighted by Gasteiger charge is 2.25. The van der Waals surface area contributed by atoms with Gasteiger partial charge in [-0.2, -0.15) is 0 Å². The van der Waals surface area contributed by atoms with E-state index in [0.29, 0.717) is 51.7 Å². The third-order valence-corrected chi connectivity index (χ3v) is 5.66. The molecule has 0 rings (SSSR count). The fourth-order valence-electron chi connectivity index (χ4n) is 3.94. The van der Waals surface area contributed by atoms with Crippen LogP contribution >= 0.6 is 0 Å². The average Bonchev–Trinajstić information content (AvgIpc) is 2.82. The van der Waals surface area contributed by atoms with E-state index in [0.717, 1.165) is 0 Å². The number of ether oxygens (including phenoxy) is 4. The first-order chi connectivity index (χ1) is 19.7. The summed E-state index contributed by atoms with van der Waals surface area (Å²) in [6.45, 7) is 17.0. The minimum atomic E-state index is -0.645. The molecule has 0 aromatic carbocycles. The van der Waals surface area contributed by atoms with Crippen LogP contribution < -0.4 is 21.3 Å². The van der Waals surface area contributed by atoms with Crippen molar-refractivity contribution >= 4 is 30.2 Å². The van der Waals surface area contributed by atoms with Gasteiger partial charge in [0.15, 0.2) is 0 Å². The van der Waals surface area contributed by atoms with Crippen molar-refractivity contribution < 1.29 is 42.9 Å². The second-order valence-corrected chi connectivity index (χ2v) is 13.4. The van der Waals surface area contributed by atoms with Crippen molar-refractivity contribution in [3.05, 3.63) is 0 Å². The molecule has 0 bridgehead atoms. The number of hydrogen-bond donors (Lipinski definition) is 4. The molecule has 4 N–H and O–H groups in total. The Balaban J connectivity index is 5.51. The Labute approximate surface area is 257 Å². The summed E-state index contributed by atoms with van der Waals surface area (Å²) in [5.74, 6) is -0.911. The summed E-state index contributed by atoms with van der Waals surface area (Å²) in [5.41, 5.74) is -1.89. The van der Waals surface area contributed by atoms with E-state index >= 15 is 0 Å². The molecule has 0 saturated heterocycles. The first-order valence-electron chi connectivity index (χ1n) is 15.0. The van der Waals surface area contributed by atoms with E-state index in [-0.39, 0.29) is 30.7 Å². The molecule has 0 fully saturated rings. The molecule has 2 unspecified atom stereocenters. The fourth-order valence-corrected chi connectivity index (χ4v) is 3.94. The third-order valence-electron chi connectivity index (χ3n) is 5.66. The van der Waals surface area contributed by atoms with Gasteiger partial charge in [0.05, 0.1) is 13.5 Å². The van der Waals surface area contributed by atoms with Crippen LogP contribution in [0.2, 0.25) is 0 Å². The van der Waals surface area contributed by atoms with E-state index < -0.39 is 41.1 Å². The minimum Gasteiger partial charge on any atom is -0.469 e. The zero-order valence-corrected chi connectivity index (χ0v) is 27.9. The lowest BCUT2D eigenvalue weighted by Crippen LogP contribution is -2.43. The summed E-state index contributed by atoms with van der Waals surface area (Å²) >= 11 is 0. The molecule has 4 amide bonds. The van der Waals surface area contributed by atoms with Crippen molar-refractivity contribution in [3.8, 4) is 0 Å². The standard InChI is InChI=1S/C30H56N4O9/c1-28(2,3)41-25(37)31-18-11-13-21(17-20-33-27(39)43-30(7,8)9)22(34-23(35)15-16-24(36)40-10)14-12-19-32-26(38)42-29(4,5)6/h21-22H,11-20H2,1-10H3,(H,31,37)(H,32,38)(H,33,39)(H,34,35). The summed E-state index contributed by atoms with van der Waals surface area (Å²) in [6, 6.07) is -0.340. The van der Waals surface area contributed by atoms with Crippen molar-refractivity contribution in [1.29, 1.82) is 0 Å². The minimum absolute atomic E-state index is 0.0393. The Hall–Kier alpha value is -3.25. The largest absolute Gasteiger partial charge is 0.469 e. The lowest BCUT2D eigenvalue weighted by molar-refractivity contribution is -0.142. The van der Waals surface area contributed by atoms with Crippen LogP contribution in [0.15, 0.2) is 0 Å². The van der Waals surface area contributed by atoms with Gasteiger partial charge in [0.1, 0.15) is 16.8 Å². The molecule has 0 heterocycles. The van der Waals surface area contributed by atoms with Crippen molar-refractivity contribution in [1.82, 2.24) is 21.3 Å². The summed E-state index contributed by atoms with van der Waals surface area (Å²) in [4.78, 5) is 60.7. The molecule has 0 aromatic rings. The zero-order valence-electron chi connectivity index (χ0n) is 27.9. The highest BCUT2D eigenvalue weighted by Crippen LogP contribution is 2.20. The Bertz CT molecular complexity index is 890. The van der Waals surface area contributed by atoms with E-state index in [9.17, 15) is 24.0 Å². The highest BCUT2D eigenvalue weighted by atomic mass is 16.6. The molecule has 13 nitrogen and oxygen atoms in total. The Morgan fingerprint density at radius 2 is 1.00 bits per heavy atom. The molecule has 0 saturated carbocycles. The molecule has 0 aromatic heterocycles. The molecular formula is C30H56N4O9. The monoisotopic (exact) mass is 616 g/mol. The van der Waals surface area contributed by atoms with Crippen LogP contribution in [0.25, 0.3) is 0 Å². The van der Waals surface area contributed by atoms with Crippen LogP contribution in [0, 0.1) is 5.92 Å². The molecule has 2 atom stereocenters. The molecule has 13 heteroatoms. The topological polar surface area (TPSA) is 170 Å². The maximum Gasteiger partial charge on any atom is 0.407 e. The molecule has 0 aliphatic carbocycles. The predicted molar refractivity (Wildman–Crippen MR) is 162 cm³/mol. The quantitative estimate of drug-likeness (QED) is 0.110. The van der Waals surface area contributed by atoms with Crippen molar-refractivity contribution in [2.45, 2.75) is 130 Å². The van der Waals surface area contributed by atoms with Crippen molar-refractivity contribution in [2.24, 2.45) is 5.92 Å². The second kappa shape index (κ2) is 19.1. The van der Waals surface area contributed by atoms with E-state index in [1.807, 2.05) is 0 Å². The molecule has 0 aliphatic heterocycles. The second-order valence-electron chi connectivity index (χ2n) is 13.4. The van der Waals surface area contributed by atoms with Gasteiger partial charge in [-0.05, 0) is 100 Å². The van der Waals surface area contributed by atoms with Crippen LogP contribution in [-0.2, 0) is 28.5 Å². The number of methoxy groups -OCH3 is 1. The lowest BCUT2D eigenvalue weighted by Gasteiger charge is -2.29. The van der Waals surface area contributed by atoms with Crippen LogP contribution in [0.3, 0.4) is 0 Å². The summed E-state index contributed by atoms with van der Waals surface area (Å²) in [5, 5.41) is 11.3. The van der Waals surface area contributed by atoms with Crippen LogP contribution in [0.1, 0.15) is 107 Å². The normalized spacial score (nSPS) is 13.2. The Morgan fingerprint density at radius 1 is 0.581 bits per heavy atom. The molecule has 0 radical (unpaired) electrons. The highest BCUT2D eigenvalue weighted by molar-refractivity contribution is 5.81. The number of amides is 4. The number of carbonyl (C=O) groups is 5. The molecule has 43 heavy (non-hydrogen) atoms. The third kappa shape index (κ3) is 23.9. The van der Waals surface area contributed by atoms with Gasteiger partial charge in [-0.3, -0.25) is 9.59 Å². The average molecular weight is 617 g/mol. The molecule has 250 valence electrons. The van der Waals surface area contributed by atoms with Gasteiger partial charge in [-0.1, -0.05) is 0 Å². The van der Waals surface area contributed by atoms with E-state index in [1.165, 1.54) is 7.11 Å². The lowest BCUT2D eigenvalue weighted by atomic mass is 9.88. The fraction of sp³-hybridized carbons (Fsp3) is 0.833. The van der Waals surface area contributed by atoms with Gasteiger partial charge in [0, 0.05) is 32.1 Å². The molecular weight excluding hydrogens is 560 g/mol. The van der Waals surface area contributed by atoms with Crippen LogP contribution in [0.4, 0.5) is 14.4 Å². The smallest absolute Gasteiger partial charge is 0.407 e. The Kier molecular flexibility index (Phi) is 17.7. The van der Waals surface area contributed by atoms with Crippen molar-refractivity contribution in [3.63, 3.8) is 0 Å². The maximum atomic E-state index is 12.8. The van der Waals surface area contributed by atoms with Gasteiger partial charge >= 0.3 is 24.2 Å². The van der Waals surface area contributed by atoms with E-state index in [1.54, 1.807) is 62.3 Å². The number of carbonyl (C=O) groups excluding carboxylic acids is 5. The van der Waals surface area contributed by atoms with Gasteiger partial charge in [-0.15, -0.1) is 0 Å². The SMILES string of the molecule is COC(=O)CCC(=O)NC(CCCNC(=O)OC(C)(C)C)C(CCCNC(=O)OC(C)(C)C)CCNC(=O)OC(C)(C)C. The first kappa shape index (κ1) is 39.8. The summed E-state index contributed by atoms with van der Waals surface area (Å²) < 4.78 is 20.6. The first-order valence-corrected chi connectivity index (χ1v) is 15.0. The van der Waals surface area contributed by atoms with Gasteiger partial charge in [0.25, 0.3) is 0 Å². The number of esters is 1. The number of rotatable bonds is 16. The number of nitrogens with one attached hydrogen (secondary N) is 4. The van der Waals surface area contributed by atoms with Crippen molar-refractivity contribution in [2.75, 3.05) is 26.7 Å². The van der Waals surface area contributed by atoms with E-state index in [4.69, 9.17) is 14.2 Å². The van der Waals surface area contributed by atoms with Crippen LogP contribution in [-0.4, -0.2) is 79.7 Å². The summed E-state index contributed by atoms with van der Waals surface area (Å²) in [7, 11) is 1.26. The maximum absolute atomic E-state index is 12.8. The van der Waals surface area contributed by atoms with E-state index in [2.05, 4.69) is 26.0 Å². The van der Waals surface area contributed by atoms with Crippen LogP contribution in [0.5, 0.6) is 0 Å². The number of hydrogen-bond acceptors (Lipinski definition) is 9. The summed E-state index contributed by atoms with van der Waals surface area (Å²) in [6.07, 6.45) is 1.06. The van der Waals surface area contributed by atoms with Gasteiger partial charge in [0.2, 0.25) is 5.91 Å². The van der Waals surface area contributed by atoms with Gasteiger partial charge in [-0.25, -0.2) is 14.4 Å². The molecule has 0 spiro atoms.